The topological polar surface area (TPSA) is 0 Å². The van der Waals surface area contributed by atoms with E-state index in [0.29, 0.717) is 0 Å². The van der Waals surface area contributed by atoms with Crippen LogP contribution in [0.25, 0.3) is 0 Å². The molecule has 0 aliphatic carbocycles. The van der Waals surface area contributed by atoms with Crippen LogP contribution in [-0.2, 0) is 0 Å². The Bertz CT molecular complexity index is 129. The molecule has 0 N–H and O–H groups in total. The van der Waals surface area contributed by atoms with Crippen LogP contribution in [0.5, 0.6) is 0 Å². The third-order valence-corrected chi connectivity index (χ3v) is 2.39. The molecule has 0 saturated heterocycles. The fourth-order valence-corrected chi connectivity index (χ4v) is 1.22. The molecule has 0 aliphatic heterocycles. The molecule has 0 nitrogen and oxygen atoms in total. The molecule has 1 atom stereocenters. The minimum atomic E-state index is 0.917. The Morgan fingerprint density at radius 2 is 2.08 bits per heavy atom. The molecule has 0 aromatic heterocycles. The van der Waals surface area contributed by atoms with E-state index in [1.54, 1.807) is 0 Å². The second-order valence-electron chi connectivity index (χ2n) is 3.56. The normalized spacial score (nSPS) is 12.2. The molecule has 0 heteroatoms. The molecule has 0 spiro atoms. The van der Waals surface area contributed by atoms with Crippen LogP contribution in [0.3, 0.4) is 0 Å². The van der Waals surface area contributed by atoms with Crippen LogP contribution in [0.15, 0.2) is 18.4 Å². The predicted molar refractivity (Wildman–Crippen MR) is 56.3 cm³/mol. The molecule has 0 fully saturated rings. The van der Waals surface area contributed by atoms with Gasteiger partial charge in [0.15, 0.2) is 0 Å². The largest absolute Gasteiger partial charge is 0.133 e. The summed E-state index contributed by atoms with van der Waals surface area (Å²) in [6.07, 6.45) is 9.97. The summed E-state index contributed by atoms with van der Waals surface area (Å²) in [7, 11) is 0. The van der Waals surface area contributed by atoms with E-state index >= 15 is 0 Å². The molecule has 70 valence electrons. The van der Waals surface area contributed by atoms with Gasteiger partial charge in [-0.05, 0) is 24.8 Å². The maximum absolute atomic E-state index is 3.54. The zero-order valence-electron chi connectivity index (χ0n) is 8.60. The third-order valence-electron chi connectivity index (χ3n) is 2.39. The first-order chi connectivity index (χ1) is 5.81. The molecule has 0 bridgehead atoms. The van der Waals surface area contributed by atoms with E-state index in [1.807, 2.05) is 6.08 Å². The molecule has 0 rings (SSSR count). The number of hydrogen-bond donors (Lipinski definition) is 0. The summed E-state index contributed by atoms with van der Waals surface area (Å²) in [6.45, 7) is 8.15. The number of unbranched alkanes of at least 4 members (excludes halogenated alkanes) is 3. The molecule has 0 aromatic rings. The first-order valence-electron chi connectivity index (χ1n) is 5.15. The molecule has 0 amide bonds. The fraction of sp³-hybridized carbons (Fsp3) is 0.750. The Kier molecular flexibility index (Phi) is 8.27. The van der Waals surface area contributed by atoms with Crippen LogP contribution in [0.1, 0.15) is 52.4 Å². The number of allylic oxidation sites excluding steroid dienone is 1. The van der Waals surface area contributed by atoms with Crippen LogP contribution >= 0.6 is 0 Å². The summed E-state index contributed by atoms with van der Waals surface area (Å²) in [6, 6.07) is 0. The van der Waals surface area contributed by atoms with E-state index in [9.17, 15) is 0 Å². The minimum absolute atomic E-state index is 0.917. The van der Waals surface area contributed by atoms with Crippen LogP contribution in [0.2, 0.25) is 0 Å². The van der Waals surface area contributed by atoms with Crippen LogP contribution in [-0.4, -0.2) is 0 Å². The van der Waals surface area contributed by atoms with Gasteiger partial charge in [0.1, 0.15) is 0 Å². The first kappa shape index (κ1) is 11.5. The van der Waals surface area contributed by atoms with Gasteiger partial charge < -0.3 is 0 Å². The van der Waals surface area contributed by atoms with E-state index in [-0.39, 0.29) is 0 Å². The lowest BCUT2D eigenvalue weighted by Gasteiger charge is -2.06. The molecule has 0 radical (unpaired) electrons. The van der Waals surface area contributed by atoms with Gasteiger partial charge in [0, 0.05) is 0 Å². The van der Waals surface area contributed by atoms with Gasteiger partial charge in [-0.3, -0.25) is 0 Å². The minimum Gasteiger partial charge on any atom is -0.133 e. The third kappa shape index (κ3) is 7.63. The van der Waals surface area contributed by atoms with Gasteiger partial charge in [0.25, 0.3) is 0 Å². The summed E-state index contributed by atoms with van der Waals surface area (Å²) in [5.41, 5.74) is 2.80. The molecule has 0 heterocycles. The average Bonchev–Trinajstić information content (AvgIpc) is 2.10. The van der Waals surface area contributed by atoms with E-state index in [1.165, 1.54) is 32.1 Å². The number of hydrogen-bond acceptors (Lipinski definition) is 0. The van der Waals surface area contributed by atoms with E-state index in [0.717, 1.165) is 12.3 Å². The lowest BCUT2D eigenvalue weighted by molar-refractivity contribution is 0.479. The Morgan fingerprint density at radius 3 is 2.67 bits per heavy atom. The molecular weight excluding hydrogens is 144 g/mol. The van der Waals surface area contributed by atoms with Crippen molar-refractivity contribution in [3.05, 3.63) is 18.4 Å². The monoisotopic (exact) mass is 166 g/mol. The molecule has 0 aromatic carbocycles. The summed E-state index contributed by atoms with van der Waals surface area (Å²) in [4.78, 5) is 0. The van der Waals surface area contributed by atoms with Crippen molar-refractivity contribution in [1.82, 2.24) is 0 Å². The van der Waals surface area contributed by atoms with Crippen molar-refractivity contribution < 1.29 is 0 Å². The number of rotatable bonds is 7. The molecule has 0 saturated carbocycles. The fourth-order valence-electron chi connectivity index (χ4n) is 1.22. The van der Waals surface area contributed by atoms with Crippen LogP contribution in [0.4, 0.5) is 0 Å². The van der Waals surface area contributed by atoms with Crippen molar-refractivity contribution in [1.29, 1.82) is 0 Å². The Morgan fingerprint density at radius 1 is 1.33 bits per heavy atom. The highest BCUT2D eigenvalue weighted by Crippen LogP contribution is 2.12. The smallest absolute Gasteiger partial charge is 0.0275 e. The van der Waals surface area contributed by atoms with Crippen LogP contribution < -0.4 is 0 Å². The standard InChI is InChI=1S/C12H22/c1-4-6-7-8-9-10-11-12(3)5-2/h6,12H,1,5,7-11H2,2-3H3. The highest BCUT2D eigenvalue weighted by Gasteiger charge is 1.96. The summed E-state index contributed by atoms with van der Waals surface area (Å²) in [5.74, 6) is 0.917. The van der Waals surface area contributed by atoms with Crippen molar-refractivity contribution in [2.24, 2.45) is 5.92 Å². The molecule has 12 heavy (non-hydrogen) atoms. The molecule has 0 aliphatic rings. The second-order valence-corrected chi connectivity index (χ2v) is 3.56. The van der Waals surface area contributed by atoms with Gasteiger partial charge in [-0.2, -0.15) is 0 Å². The van der Waals surface area contributed by atoms with E-state index in [4.69, 9.17) is 0 Å². The highest BCUT2D eigenvalue weighted by atomic mass is 14.0. The zero-order chi connectivity index (χ0) is 9.23. The van der Waals surface area contributed by atoms with Gasteiger partial charge in [-0.1, -0.05) is 46.1 Å². The lowest BCUT2D eigenvalue weighted by Crippen LogP contribution is -1.91. The Balaban J connectivity index is 3.05. The first-order valence-corrected chi connectivity index (χ1v) is 5.15. The average molecular weight is 166 g/mol. The van der Waals surface area contributed by atoms with Crippen molar-refractivity contribution in [2.45, 2.75) is 52.4 Å². The maximum atomic E-state index is 3.54. The van der Waals surface area contributed by atoms with Gasteiger partial charge in [-0.25, -0.2) is 0 Å². The molecular formula is C12H22. The van der Waals surface area contributed by atoms with Gasteiger partial charge in [0.05, 0.1) is 0 Å². The Labute approximate surface area is 77.4 Å². The van der Waals surface area contributed by atoms with Gasteiger partial charge in [-0.15, -0.1) is 5.73 Å². The van der Waals surface area contributed by atoms with Crippen molar-refractivity contribution >= 4 is 0 Å². The summed E-state index contributed by atoms with van der Waals surface area (Å²) < 4.78 is 0. The highest BCUT2D eigenvalue weighted by molar-refractivity contribution is 4.74. The van der Waals surface area contributed by atoms with E-state index in [2.05, 4.69) is 26.2 Å². The van der Waals surface area contributed by atoms with Gasteiger partial charge >= 0.3 is 0 Å². The van der Waals surface area contributed by atoms with Crippen molar-refractivity contribution in [3.63, 3.8) is 0 Å². The summed E-state index contributed by atoms with van der Waals surface area (Å²) in [5, 5.41) is 0. The van der Waals surface area contributed by atoms with E-state index < -0.39 is 0 Å². The second kappa shape index (κ2) is 8.62. The van der Waals surface area contributed by atoms with Crippen molar-refractivity contribution in [3.8, 4) is 0 Å². The predicted octanol–water partition coefficient (Wildman–Crippen LogP) is 4.32. The van der Waals surface area contributed by atoms with Gasteiger partial charge in [0.2, 0.25) is 0 Å². The lowest BCUT2D eigenvalue weighted by atomic mass is 10.0. The quantitative estimate of drug-likeness (QED) is 0.390. The zero-order valence-corrected chi connectivity index (χ0v) is 8.60. The summed E-state index contributed by atoms with van der Waals surface area (Å²) >= 11 is 0. The van der Waals surface area contributed by atoms with Crippen molar-refractivity contribution in [2.75, 3.05) is 0 Å². The SMILES string of the molecule is C=C=CCCCCCC(C)CC. The maximum Gasteiger partial charge on any atom is -0.0275 e. The molecule has 1 unspecified atom stereocenters. The van der Waals surface area contributed by atoms with Crippen LogP contribution in [0, 0.1) is 5.92 Å². The Hall–Kier alpha value is -0.480.